The lowest BCUT2D eigenvalue weighted by atomic mass is 10.2. The average molecular weight is 354 g/mol. The molecule has 0 aliphatic heterocycles. The van der Waals surface area contributed by atoms with Crippen LogP contribution >= 0.6 is 15.9 Å². The Morgan fingerprint density at radius 3 is 2.48 bits per heavy atom. The summed E-state index contributed by atoms with van der Waals surface area (Å²) in [6.07, 6.45) is 1.34. The van der Waals surface area contributed by atoms with Gasteiger partial charge in [-0.25, -0.2) is 4.98 Å². The van der Waals surface area contributed by atoms with E-state index < -0.39 is 9.85 Å². The summed E-state index contributed by atoms with van der Waals surface area (Å²) in [6, 6.07) is 5.49. The Bertz CT molecular complexity index is 735. The fourth-order valence-corrected chi connectivity index (χ4v) is 1.96. The number of nitrogens with zero attached hydrogens (tertiary/aromatic N) is 3. The van der Waals surface area contributed by atoms with Crippen molar-refractivity contribution in [2.75, 3.05) is 0 Å². The van der Waals surface area contributed by atoms with Crippen molar-refractivity contribution < 1.29 is 14.6 Å². The van der Waals surface area contributed by atoms with Gasteiger partial charge in [0.15, 0.2) is 0 Å². The van der Waals surface area contributed by atoms with Crippen molar-refractivity contribution in [1.29, 1.82) is 0 Å². The van der Waals surface area contributed by atoms with Gasteiger partial charge in [0.1, 0.15) is 5.75 Å². The molecule has 0 saturated heterocycles. The number of nitro groups is 2. The molecule has 1 aromatic carbocycles. The standard InChI is InChI=1S/C12H8BrN3O5/c1-7-9(15(17)18)3-2-4-11(7)21-12-10(16(19)20)5-8(13)6-14-12/h2-6H,1H3. The molecule has 1 heterocycles. The highest BCUT2D eigenvalue weighted by atomic mass is 79.9. The van der Waals surface area contributed by atoms with Crippen molar-refractivity contribution in [3.8, 4) is 11.6 Å². The Balaban J connectivity index is 2.46. The highest BCUT2D eigenvalue weighted by Gasteiger charge is 2.21. The lowest BCUT2D eigenvalue weighted by molar-refractivity contribution is -0.386. The second-order valence-electron chi connectivity index (χ2n) is 3.99. The van der Waals surface area contributed by atoms with E-state index in [1.54, 1.807) is 0 Å². The lowest BCUT2D eigenvalue weighted by Gasteiger charge is -2.08. The molecule has 0 spiro atoms. The van der Waals surface area contributed by atoms with E-state index in [1.165, 1.54) is 37.4 Å². The molecule has 0 bridgehead atoms. The van der Waals surface area contributed by atoms with Crippen LogP contribution in [0.5, 0.6) is 11.6 Å². The summed E-state index contributed by atoms with van der Waals surface area (Å²) in [5.41, 5.74) is -0.205. The fraction of sp³-hybridized carbons (Fsp3) is 0.0833. The van der Waals surface area contributed by atoms with Gasteiger partial charge in [-0.3, -0.25) is 20.2 Å². The van der Waals surface area contributed by atoms with Crippen LogP contribution in [-0.2, 0) is 0 Å². The molecular formula is C12H8BrN3O5. The highest BCUT2D eigenvalue weighted by Crippen LogP contribution is 2.35. The third-order valence-corrected chi connectivity index (χ3v) is 3.09. The van der Waals surface area contributed by atoms with Crippen molar-refractivity contribution in [2.45, 2.75) is 6.92 Å². The Hall–Kier alpha value is -2.55. The molecule has 0 radical (unpaired) electrons. The largest absolute Gasteiger partial charge is 0.433 e. The molecule has 0 atom stereocenters. The molecule has 0 N–H and O–H groups in total. The van der Waals surface area contributed by atoms with Gasteiger partial charge < -0.3 is 4.74 Å². The zero-order valence-corrected chi connectivity index (χ0v) is 12.2. The number of hydrogen-bond donors (Lipinski definition) is 0. The summed E-state index contributed by atoms with van der Waals surface area (Å²) in [4.78, 5) is 24.5. The minimum Gasteiger partial charge on any atom is -0.433 e. The van der Waals surface area contributed by atoms with Gasteiger partial charge in [0.2, 0.25) is 0 Å². The highest BCUT2D eigenvalue weighted by molar-refractivity contribution is 9.10. The number of rotatable bonds is 4. The van der Waals surface area contributed by atoms with Crippen LogP contribution in [0.15, 0.2) is 34.9 Å². The zero-order chi connectivity index (χ0) is 15.6. The van der Waals surface area contributed by atoms with Crippen LogP contribution in [0.4, 0.5) is 11.4 Å². The molecule has 21 heavy (non-hydrogen) atoms. The summed E-state index contributed by atoms with van der Waals surface area (Å²) < 4.78 is 5.80. The molecule has 2 aromatic rings. The van der Waals surface area contributed by atoms with Crippen molar-refractivity contribution in [3.63, 3.8) is 0 Å². The maximum atomic E-state index is 11.0. The number of aromatic nitrogens is 1. The van der Waals surface area contributed by atoms with Gasteiger partial charge in [-0.2, -0.15) is 0 Å². The van der Waals surface area contributed by atoms with E-state index in [0.29, 0.717) is 4.47 Å². The lowest BCUT2D eigenvalue weighted by Crippen LogP contribution is -1.98. The van der Waals surface area contributed by atoms with E-state index in [9.17, 15) is 20.2 Å². The smallest absolute Gasteiger partial charge is 0.332 e. The van der Waals surface area contributed by atoms with Gasteiger partial charge in [-0.05, 0) is 28.9 Å². The van der Waals surface area contributed by atoms with Crippen molar-refractivity contribution in [1.82, 2.24) is 4.98 Å². The van der Waals surface area contributed by atoms with E-state index in [0.717, 1.165) is 0 Å². The van der Waals surface area contributed by atoms with Gasteiger partial charge in [-0.15, -0.1) is 0 Å². The van der Waals surface area contributed by atoms with Crippen LogP contribution in [0.2, 0.25) is 0 Å². The normalized spacial score (nSPS) is 10.2. The van der Waals surface area contributed by atoms with E-state index >= 15 is 0 Å². The molecule has 0 aliphatic rings. The maximum absolute atomic E-state index is 11.0. The molecule has 0 unspecified atom stereocenters. The molecule has 9 heteroatoms. The monoisotopic (exact) mass is 353 g/mol. The molecule has 0 aliphatic carbocycles. The molecule has 2 rings (SSSR count). The molecule has 0 amide bonds. The number of pyridine rings is 1. The average Bonchev–Trinajstić information content (AvgIpc) is 2.42. The second-order valence-corrected chi connectivity index (χ2v) is 4.91. The predicted molar refractivity (Wildman–Crippen MR) is 76.5 cm³/mol. The third kappa shape index (κ3) is 3.14. The third-order valence-electron chi connectivity index (χ3n) is 2.65. The summed E-state index contributed by atoms with van der Waals surface area (Å²) in [5.74, 6) is -0.0890. The SMILES string of the molecule is Cc1c(Oc2ncc(Br)cc2[N+](=O)[O-])cccc1[N+](=O)[O-]. The Morgan fingerprint density at radius 2 is 1.86 bits per heavy atom. The number of halogens is 1. The van der Waals surface area contributed by atoms with Gasteiger partial charge >= 0.3 is 5.69 Å². The van der Waals surface area contributed by atoms with E-state index in [2.05, 4.69) is 20.9 Å². The summed E-state index contributed by atoms with van der Waals surface area (Å²) >= 11 is 3.08. The van der Waals surface area contributed by atoms with Gasteiger partial charge in [0.05, 0.1) is 15.4 Å². The minimum absolute atomic E-state index is 0.132. The van der Waals surface area contributed by atoms with Gasteiger partial charge in [0, 0.05) is 22.8 Å². The van der Waals surface area contributed by atoms with E-state index in [-0.39, 0.29) is 28.6 Å². The summed E-state index contributed by atoms with van der Waals surface area (Å²) in [5, 5.41) is 21.8. The fourth-order valence-electron chi connectivity index (χ4n) is 1.64. The number of hydrogen-bond acceptors (Lipinski definition) is 6. The molecule has 0 fully saturated rings. The van der Waals surface area contributed by atoms with Crippen molar-refractivity contribution in [3.05, 3.63) is 60.7 Å². The van der Waals surface area contributed by atoms with Crippen LogP contribution < -0.4 is 4.74 Å². The zero-order valence-electron chi connectivity index (χ0n) is 10.6. The first kappa shape index (κ1) is 14.9. The Kier molecular flexibility index (Phi) is 4.13. The Labute approximate surface area is 126 Å². The van der Waals surface area contributed by atoms with Gasteiger partial charge in [-0.1, -0.05) is 6.07 Å². The number of ether oxygens (including phenoxy) is 1. The maximum Gasteiger partial charge on any atom is 0.332 e. The molecule has 8 nitrogen and oxygen atoms in total. The van der Waals surface area contributed by atoms with Gasteiger partial charge in [0.25, 0.3) is 11.6 Å². The first-order valence-corrected chi connectivity index (χ1v) is 6.41. The van der Waals surface area contributed by atoms with Crippen molar-refractivity contribution in [2.24, 2.45) is 0 Å². The first-order valence-electron chi connectivity index (χ1n) is 5.62. The minimum atomic E-state index is -0.639. The predicted octanol–water partition coefficient (Wildman–Crippen LogP) is 3.76. The first-order chi connectivity index (χ1) is 9.90. The van der Waals surface area contributed by atoms with Crippen molar-refractivity contribution >= 4 is 27.3 Å². The number of benzene rings is 1. The van der Waals surface area contributed by atoms with Crippen LogP contribution in [-0.4, -0.2) is 14.8 Å². The topological polar surface area (TPSA) is 108 Å². The molecule has 0 saturated carbocycles. The van der Waals surface area contributed by atoms with Crippen LogP contribution in [0.25, 0.3) is 0 Å². The van der Waals surface area contributed by atoms with E-state index in [4.69, 9.17) is 4.74 Å². The summed E-state index contributed by atoms with van der Waals surface area (Å²) in [6.45, 7) is 1.50. The molecule has 1 aromatic heterocycles. The molecular weight excluding hydrogens is 346 g/mol. The number of nitro benzene ring substituents is 1. The summed E-state index contributed by atoms with van der Waals surface area (Å²) in [7, 11) is 0. The Morgan fingerprint density at radius 1 is 1.19 bits per heavy atom. The molecule has 108 valence electrons. The van der Waals surface area contributed by atoms with E-state index in [1.807, 2.05) is 0 Å². The second kappa shape index (κ2) is 5.83. The quantitative estimate of drug-likeness (QED) is 0.611. The van der Waals surface area contributed by atoms with Crippen LogP contribution in [0.3, 0.4) is 0 Å². The van der Waals surface area contributed by atoms with Crippen LogP contribution in [0, 0.1) is 27.2 Å². The van der Waals surface area contributed by atoms with Crippen LogP contribution in [0.1, 0.15) is 5.56 Å².